The lowest BCUT2D eigenvalue weighted by Gasteiger charge is -2.54. The molecule has 0 aliphatic carbocycles. The molecule has 0 saturated carbocycles. The van der Waals surface area contributed by atoms with Gasteiger partial charge in [0, 0.05) is 32.0 Å². The molecule has 3 aliphatic heterocycles. The van der Waals surface area contributed by atoms with Crippen molar-refractivity contribution in [1.82, 2.24) is 9.97 Å². The maximum atomic E-state index is 4.58. The van der Waals surface area contributed by atoms with Crippen molar-refractivity contribution < 1.29 is 21.5 Å². The number of quaternary nitrogens is 1. The van der Waals surface area contributed by atoms with Crippen LogP contribution in [0, 0.1) is 0 Å². The van der Waals surface area contributed by atoms with E-state index >= 15 is 0 Å². The Balaban J connectivity index is 0.00000302. The molecule has 4 aromatic rings. The molecule has 0 spiro atoms. The fraction of sp³-hybridized carbons (Fsp3) is 0.333. The normalized spacial score (nSPS) is 24.5. The van der Waals surface area contributed by atoms with Gasteiger partial charge in [-0.1, -0.05) is 47.8 Å². The second kappa shape index (κ2) is 11.3. The molecule has 1 fully saturated rings. The number of fused-ring (bicyclic) bond motifs is 4. The van der Waals surface area contributed by atoms with Crippen molar-refractivity contribution in [3.63, 3.8) is 0 Å². The minimum absolute atomic E-state index is 0. The van der Waals surface area contributed by atoms with Crippen LogP contribution in [0.25, 0.3) is 0 Å². The highest BCUT2D eigenvalue weighted by Crippen LogP contribution is 2.52. The number of likely N-dealkylation sites (N-methyl/N-ethyl adjacent to an activating group) is 1. The van der Waals surface area contributed by atoms with Crippen LogP contribution in [0.1, 0.15) is 33.1 Å². The quantitative estimate of drug-likeness (QED) is 0.280. The summed E-state index contributed by atoms with van der Waals surface area (Å²) in [5.74, 6) is 0. The molecule has 1 saturated heterocycles. The van der Waals surface area contributed by atoms with Gasteiger partial charge in [0.15, 0.2) is 0 Å². The molecule has 5 nitrogen and oxygen atoms in total. The van der Waals surface area contributed by atoms with Gasteiger partial charge in [-0.3, -0.25) is 9.97 Å². The van der Waals surface area contributed by atoms with E-state index in [1.54, 1.807) is 0 Å². The summed E-state index contributed by atoms with van der Waals surface area (Å²) in [6, 6.07) is 23.6. The number of para-hydroxylation sites is 2. The largest absolute Gasteiger partial charge is 1.00 e. The van der Waals surface area contributed by atoms with Gasteiger partial charge in [0.05, 0.1) is 61.3 Å². The number of nitrogens with zero attached hydrogens (tertiary/aromatic N) is 5. The summed E-state index contributed by atoms with van der Waals surface area (Å²) in [6.07, 6.45) is 11.4. The summed E-state index contributed by atoms with van der Waals surface area (Å²) in [7, 11) is 4.90. The molecule has 0 N–H and O–H groups in total. The van der Waals surface area contributed by atoms with Gasteiger partial charge in [0.25, 0.3) is 0 Å². The van der Waals surface area contributed by atoms with E-state index in [1.807, 2.05) is 35.9 Å². The molecule has 2 aromatic carbocycles. The summed E-state index contributed by atoms with van der Waals surface area (Å²) in [6.45, 7) is 4.94. The first-order valence-electron chi connectivity index (χ1n) is 14.3. The highest BCUT2D eigenvalue weighted by Gasteiger charge is 2.47. The van der Waals surface area contributed by atoms with E-state index in [4.69, 9.17) is 0 Å². The molecule has 2 aromatic heterocycles. The third-order valence-electron chi connectivity index (χ3n) is 9.61. The zero-order valence-corrected chi connectivity index (χ0v) is 27.2. The highest BCUT2D eigenvalue weighted by molar-refractivity contribution is 8.00. The molecule has 0 bridgehead atoms. The van der Waals surface area contributed by atoms with Crippen LogP contribution in [0.4, 0.5) is 22.7 Å². The van der Waals surface area contributed by atoms with E-state index < -0.39 is 0 Å². The molecular weight excluding hydrogens is 610 g/mol. The van der Waals surface area contributed by atoms with Gasteiger partial charge in [-0.15, -0.1) is 0 Å². The lowest BCUT2D eigenvalue weighted by Crippen LogP contribution is -3.00. The first-order chi connectivity index (χ1) is 19.4. The number of pyridine rings is 2. The summed E-state index contributed by atoms with van der Waals surface area (Å²) in [5, 5.41) is 0. The zero-order chi connectivity index (χ0) is 27.4. The minimum atomic E-state index is 0. The van der Waals surface area contributed by atoms with Crippen molar-refractivity contribution in [1.29, 1.82) is 0 Å². The predicted octanol–water partition coefficient (Wildman–Crippen LogP) is 5.16. The van der Waals surface area contributed by atoms with Crippen LogP contribution >= 0.6 is 23.5 Å². The van der Waals surface area contributed by atoms with E-state index in [2.05, 4.69) is 121 Å². The monoisotopic (exact) mass is 645 g/mol. The van der Waals surface area contributed by atoms with Gasteiger partial charge in [0.1, 0.15) is 12.1 Å². The van der Waals surface area contributed by atoms with Crippen molar-refractivity contribution in [3.05, 3.63) is 85.5 Å². The Kier molecular flexibility index (Phi) is 7.87. The lowest BCUT2D eigenvalue weighted by atomic mass is 9.87. The van der Waals surface area contributed by atoms with Gasteiger partial charge >= 0.3 is 0 Å². The topological polar surface area (TPSA) is 32.3 Å². The van der Waals surface area contributed by atoms with Crippen molar-refractivity contribution in [2.45, 2.75) is 76.9 Å². The third kappa shape index (κ3) is 4.77. The average Bonchev–Trinajstić information content (AvgIpc) is 2.98. The van der Waals surface area contributed by atoms with Crippen LogP contribution in [0.15, 0.2) is 105 Å². The average molecular weight is 647 g/mol. The van der Waals surface area contributed by atoms with E-state index in [9.17, 15) is 0 Å². The Morgan fingerprint density at radius 1 is 0.634 bits per heavy atom. The van der Waals surface area contributed by atoms with Crippen molar-refractivity contribution in [3.8, 4) is 0 Å². The van der Waals surface area contributed by atoms with Crippen LogP contribution in [-0.2, 0) is 0 Å². The minimum Gasteiger partial charge on any atom is -1.00 e. The maximum Gasteiger partial charge on any atom is 0.107 e. The fourth-order valence-corrected chi connectivity index (χ4v) is 9.02. The molecule has 8 heteroatoms. The Bertz CT molecular complexity index is 1360. The molecule has 4 unspecified atom stereocenters. The van der Waals surface area contributed by atoms with Crippen LogP contribution in [0.5, 0.6) is 0 Å². The smallest absolute Gasteiger partial charge is 0.107 e. The number of hydrogen-bond acceptors (Lipinski definition) is 6. The Labute approximate surface area is 262 Å². The van der Waals surface area contributed by atoms with Gasteiger partial charge in [-0.25, -0.2) is 0 Å². The van der Waals surface area contributed by atoms with Crippen LogP contribution < -0.4 is 26.8 Å². The Hall–Kier alpha value is -2.52. The summed E-state index contributed by atoms with van der Waals surface area (Å²) in [5.41, 5.74) is 5.12. The number of halogens is 1. The second-order valence-electron chi connectivity index (χ2n) is 11.7. The first-order valence-corrected chi connectivity index (χ1v) is 15.9. The molecule has 212 valence electrons. The second-order valence-corrected chi connectivity index (χ2v) is 13.9. The number of anilines is 4. The number of hydrogen-bond donors (Lipinski definition) is 0. The third-order valence-corrected chi connectivity index (χ3v) is 11.9. The van der Waals surface area contributed by atoms with Gasteiger partial charge in [0.2, 0.25) is 0 Å². The molecule has 41 heavy (non-hydrogen) atoms. The van der Waals surface area contributed by atoms with Gasteiger partial charge in [-0.05, 0) is 69.5 Å². The van der Waals surface area contributed by atoms with E-state index in [0.29, 0.717) is 24.2 Å². The highest BCUT2D eigenvalue weighted by atomic mass is 79.9. The zero-order valence-electron chi connectivity index (χ0n) is 23.9. The van der Waals surface area contributed by atoms with Gasteiger partial charge in [-0.2, -0.15) is 0 Å². The van der Waals surface area contributed by atoms with Crippen LogP contribution in [-0.4, -0.2) is 52.7 Å². The first kappa shape index (κ1) is 28.6. The van der Waals surface area contributed by atoms with E-state index in [0.717, 1.165) is 23.7 Å². The molecule has 7 rings (SSSR count). The van der Waals surface area contributed by atoms with Crippen LogP contribution in [0.3, 0.4) is 0 Å². The maximum absolute atomic E-state index is 4.58. The van der Waals surface area contributed by atoms with Crippen LogP contribution in [0.2, 0.25) is 0 Å². The van der Waals surface area contributed by atoms with Gasteiger partial charge < -0.3 is 31.3 Å². The molecule has 3 aliphatic rings. The fourth-order valence-electron chi connectivity index (χ4n) is 6.94. The molecule has 0 amide bonds. The number of aromatic nitrogens is 2. The number of benzene rings is 2. The predicted molar refractivity (Wildman–Crippen MR) is 166 cm³/mol. The number of likely N-dealkylation sites (tertiary alicyclic amines) is 1. The standard InChI is InChI=1S/C33H36N5S2.BrH/c1-22-24(36-26-10-5-7-14-30(26)39-32-16-18-34-20-28(32)36)12-9-13-25(23(2)38(22,3)4)37-27-11-6-8-15-31(27)40-33-17-19-35-21-29(33)37;/h5-8,10-11,14-25H,9,12-13H2,1-4H3;1H/q+1;/p-1. The summed E-state index contributed by atoms with van der Waals surface area (Å²) in [4.78, 5) is 19.7. The lowest BCUT2D eigenvalue weighted by molar-refractivity contribution is -0.937. The van der Waals surface area contributed by atoms with Crippen molar-refractivity contribution in [2.24, 2.45) is 0 Å². The molecule has 4 atom stereocenters. The Morgan fingerprint density at radius 3 is 1.51 bits per heavy atom. The molecular formula is C33H36BrN5S2. The Morgan fingerprint density at radius 2 is 1.05 bits per heavy atom. The SMILES string of the molecule is CC1C(N2c3ccccc3Sc3ccncc32)CCCC(N2c3ccccc3Sc3ccncc32)C(C)[N+]1(C)C.[Br-]. The van der Waals surface area contributed by atoms with Crippen molar-refractivity contribution in [2.75, 3.05) is 23.9 Å². The summed E-state index contributed by atoms with van der Waals surface area (Å²) < 4.78 is 0.929. The molecule has 0 radical (unpaired) electrons. The summed E-state index contributed by atoms with van der Waals surface area (Å²) >= 11 is 3.73. The van der Waals surface area contributed by atoms with E-state index in [-0.39, 0.29) is 17.0 Å². The van der Waals surface area contributed by atoms with Crippen molar-refractivity contribution >= 4 is 46.3 Å². The molecule has 5 heterocycles. The van der Waals surface area contributed by atoms with E-state index in [1.165, 1.54) is 42.3 Å². The number of rotatable bonds is 2.